The largest absolute Gasteiger partial charge is 0.493 e. The van der Waals surface area contributed by atoms with Crippen molar-refractivity contribution in [2.24, 2.45) is 0 Å². The first-order valence-electron chi connectivity index (χ1n) is 6.43. The number of anilines is 1. The molecule has 0 aromatic heterocycles. The first-order chi connectivity index (χ1) is 9.25. The molecule has 0 aliphatic carbocycles. The molecule has 0 amide bonds. The summed E-state index contributed by atoms with van der Waals surface area (Å²) in [5.41, 5.74) is 2.25. The maximum Gasteiger partial charge on any atom is 0.123 e. The third-order valence-corrected chi connectivity index (χ3v) is 3.07. The van der Waals surface area contributed by atoms with Gasteiger partial charge in [0, 0.05) is 17.3 Å². The second kappa shape index (κ2) is 7.05. The standard InChI is InChI=1S/C16H18ClNO/c1-13-8-9-14(17)12-16(13)19-11-5-10-18-15-6-3-2-4-7-15/h2-4,6-9,12,18H,5,10-11H2,1H3. The van der Waals surface area contributed by atoms with Crippen molar-refractivity contribution in [2.45, 2.75) is 13.3 Å². The van der Waals surface area contributed by atoms with E-state index in [0.29, 0.717) is 11.6 Å². The van der Waals surface area contributed by atoms with Crippen LogP contribution in [0.5, 0.6) is 5.75 Å². The van der Waals surface area contributed by atoms with E-state index < -0.39 is 0 Å². The smallest absolute Gasteiger partial charge is 0.123 e. The number of benzene rings is 2. The molecule has 0 aliphatic rings. The Morgan fingerprint density at radius 2 is 1.89 bits per heavy atom. The summed E-state index contributed by atoms with van der Waals surface area (Å²) >= 11 is 5.94. The van der Waals surface area contributed by atoms with E-state index in [1.54, 1.807) is 0 Å². The normalized spacial score (nSPS) is 10.2. The van der Waals surface area contributed by atoms with Crippen LogP contribution in [-0.4, -0.2) is 13.2 Å². The SMILES string of the molecule is Cc1ccc(Cl)cc1OCCCNc1ccccc1. The van der Waals surface area contributed by atoms with Crippen LogP contribution in [0.3, 0.4) is 0 Å². The van der Waals surface area contributed by atoms with Gasteiger partial charge >= 0.3 is 0 Å². The van der Waals surface area contributed by atoms with Crippen LogP contribution in [0, 0.1) is 6.92 Å². The van der Waals surface area contributed by atoms with Crippen LogP contribution >= 0.6 is 11.6 Å². The molecular formula is C16H18ClNO. The molecule has 3 heteroatoms. The maximum absolute atomic E-state index is 5.94. The van der Waals surface area contributed by atoms with Crippen LogP contribution in [0.4, 0.5) is 5.69 Å². The van der Waals surface area contributed by atoms with Gasteiger partial charge in [-0.05, 0) is 43.2 Å². The molecule has 100 valence electrons. The van der Waals surface area contributed by atoms with E-state index in [0.717, 1.165) is 30.0 Å². The Balaban J connectivity index is 1.71. The number of hydrogen-bond acceptors (Lipinski definition) is 2. The Morgan fingerprint density at radius 1 is 1.11 bits per heavy atom. The first-order valence-corrected chi connectivity index (χ1v) is 6.81. The van der Waals surface area contributed by atoms with E-state index >= 15 is 0 Å². The Kier molecular flexibility index (Phi) is 5.10. The Bertz CT molecular complexity index is 513. The molecule has 19 heavy (non-hydrogen) atoms. The fourth-order valence-corrected chi connectivity index (χ4v) is 1.93. The zero-order valence-electron chi connectivity index (χ0n) is 11.0. The summed E-state index contributed by atoms with van der Waals surface area (Å²) in [7, 11) is 0. The molecule has 0 saturated heterocycles. The number of rotatable bonds is 6. The Hall–Kier alpha value is -1.67. The summed E-state index contributed by atoms with van der Waals surface area (Å²) in [6, 6.07) is 15.9. The molecule has 2 aromatic rings. The van der Waals surface area contributed by atoms with Gasteiger partial charge in [0.25, 0.3) is 0 Å². The molecule has 0 atom stereocenters. The highest BCUT2D eigenvalue weighted by atomic mass is 35.5. The Labute approximate surface area is 119 Å². The Morgan fingerprint density at radius 3 is 2.68 bits per heavy atom. The van der Waals surface area contributed by atoms with Crippen molar-refractivity contribution in [3.8, 4) is 5.75 Å². The van der Waals surface area contributed by atoms with Gasteiger partial charge in [0.1, 0.15) is 5.75 Å². The van der Waals surface area contributed by atoms with Crippen LogP contribution in [0.1, 0.15) is 12.0 Å². The highest BCUT2D eigenvalue weighted by molar-refractivity contribution is 6.30. The molecular weight excluding hydrogens is 258 g/mol. The van der Waals surface area contributed by atoms with Crippen molar-refractivity contribution >= 4 is 17.3 Å². The van der Waals surface area contributed by atoms with Gasteiger partial charge in [-0.3, -0.25) is 0 Å². The summed E-state index contributed by atoms with van der Waals surface area (Å²) in [4.78, 5) is 0. The molecule has 2 aromatic carbocycles. The average Bonchev–Trinajstić information content (AvgIpc) is 2.43. The second-order valence-corrected chi connectivity index (χ2v) is 4.84. The summed E-state index contributed by atoms with van der Waals surface area (Å²) in [5, 5.41) is 4.06. The van der Waals surface area contributed by atoms with Crippen LogP contribution in [0.2, 0.25) is 5.02 Å². The lowest BCUT2D eigenvalue weighted by Gasteiger charge is -2.10. The van der Waals surface area contributed by atoms with Crippen LogP contribution in [0.25, 0.3) is 0 Å². The molecule has 0 bridgehead atoms. The minimum atomic E-state index is 0.682. The lowest BCUT2D eigenvalue weighted by atomic mass is 10.2. The topological polar surface area (TPSA) is 21.3 Å². The van der Waals surface area contributed by atoms with Crippen molar-refractivity contribution < 1.29 is 4.74 Å². The van der Waals surface area contributed by atoms with E-state index in [1.807, 2.05) is 43.3 Å². The van der Waals surface area contributed by atoms with E-state index in [9.17, 15) is 0 Å². The number of halogens is 1. The summed E-state index contributed by atoms with van der Waals surface area (Å²) in [5.74, 6) is 0.868. The second-order valence-electron chi connectivity index (χ2n) is 4.40. The van der Waals surface area contributed by atoms with E-state index in [4.69, 9.17) is 16.3 Å². The minimum absolute atomic E-state index is 0.682. The van der Waals surface area contributed by atoms with Gasteiger partial charge in [-0.1, -0.05) is 35.9 Å². The quantitative estimate of drug-likeness (QED) is 0.782. The molecule has 0 unspecified atom stereocenters. The van der Waals surface area contributed by atoms with Gasteiger partial charge in [-0.25, -0.2) is 0 Å². The summed E-state index contributed by atoms with van der Waals surface area (Å²) < 4.78 is 5.73. The molecule has 1 N–H and O–H groups in total. The number of nitrogens with one attached hydrogen (secondary N) is 1. The predicted octanol–water partition coefficient (Wildman–Crippen LogP) is 4.53. The van der Waals surface area contributed by atoms with E-state index in [2.05, 4.69) is 17.4 Å². The molecule has 0 saturated carbocycles. The minimum Gasteiger partial charge on any atom is -0.493 e. The van der Waals surface area contributed by atoms with Crippen molar-refractivity contribution in [2.75, 3.05) is 18.5 Å². The van der Waals surface area contributed by atoms with Crippen LogP contribution < -0.4 is 10.1 Å². The van der Waals surface area contributed by atoms with Gasteiger partial charge < -0.3 is 10.1 Å². The van der Waals surface area contributed by atoms with Crippen molar-refractivity contribution in [3.63, 3.8) is 0 Å². The highest BCUT2D eigenvalue weighted by Gasteiger charge is 2.00. The molecule has 0 fully saturated rings. The van der Waals surface area contributed by atoms with Gasteiger partial charge in [0.15, 0.2) is 0 Å². The molecule has 2 nitrogen and oxygen atoms in total. The predicted molar refractivity (Wildman–Crippen MR) is 81.2 cm³/mol. The first kappa shape index (κ1) is 13.8. The number of aryl methyl sites for hydroxylation is 1. The van der Waals surface area contributed by atoms with Gasteiger partial charge in [-0.2, -0.15) is 0 Å². The number of hydrogen-bond donors (Lipinski definition) is 1. The van der Waals surface area contributed by atoms with Crippen molar-refractivity contribution in [3.05, 3.63) is 59.1 Å². The van der Waals surface area contributed by atoms with Crippen LogP contribution in [0.15, 0.2) is 48.5 Å². The third kappa shape index (κ3) is 4.49. The number of ether oxygens (including phenoxy) is 1. The van der Waals surface area contributed by atoms with E-state index in [-0.39, 0.29) is 0 Å². The molecule has 0 heterocycles. The highest BCUT2D eigenvalue weighted by Crippen LogP contribution is 2.22. The van der Waals surface area contributed by atoms with Crippen molar-refractivity contribution in [1.82, 2.24) is 0 Å². The van der Waals surface area contributed by atoms with Crippen molar-refractivity contribution in [1.29, 1.82) is 0 Å². The van der Waals surface area contributed by atoms with Gasteiger partial charge in [0.05, 0.1) is 6.61 Å². The fraction of sp³-hybridized carbons (Fsp3) is 0.250. The number of para-hydroxylation sites is 1. The zero-order valence-corrected chi connectivity index (χ0v) is 11.8. The fourth-order valence-electron chi connectivity index (χ4n) is 1.77. The molecule has 2 rings (SSSR count). The molecule has 0 spiro atoms. The van der Waals surface area contributed by atoms with Crippen LogP contribution in [-0.2, 0) is 0 Å². The van der Waals surface area contributed by atoms with Gasteiger partial charge in [0.2, 0.25) is 0 Å². The molecule has 0 aliphatic heterocycles. The summed E-state index contributed by atoms with van der Waals surface area (Å²) in [6.07, 6.45) is 0.945. The van der Waals surface area contributed by atoms with Gasteiger partial charge in [-0.15, -0.1) is 0 Å². The summed E-state index contributed by atoms with van der Waals surface area (Å²) in [6.45, 7) is 3.60. The maximum atomic E-state index is 5.94. The monoisotopic (exact) mass is 275 g/mol. The molecule has 0 radical (unpaired) electrons. The average molecular weight is 276 g/mol. The van der Waals surface area contributed by atoms with E-state index in [1.165, 1.54) is 0 Å². The lowest BCUT2D eigenvalue weighted by Crippen LogP contribution is -2.07. The zero-order chi connectivity index (χ0) is 13.5. The lowest BCUT2D eigenvalue weighted by molar-refractivity contribution is 0.313. The third-order valence-electron chi connectivity index (χ3n) is 2.83.